The summed E-state index contributed by atoms with van der Waals surface area (Å²) in [4.78, 5) is 14.9. The lowest BCUT2D eigenvalue weighted by atomic mass is 10.3. The predicted octanol–water partition coefficient (Wildman–Crippen LogP) is 2.45. The first-order valence-electron chi connectivity index (χ1n) is 5.86. The number of rotatable bonds is 4. The fourth-order valence-corrected chi connectivity index (χ4v) is 2.13. The highest BCUT2D eigenvalue weighted by Gasteiger charge is 2.42. The van der Waals surface area contributed by atoms with Crippen molar-refractivity contribution in [1.82, 2.24) is 14.9 Å². The Morgan fingerprint density at radius 1 is 1.57 bits per heavy atom. The number of nitrogens with zero attached hydrogens (tertiary/aromatic N) is 2. The maximum absolute atomic E-state index is 12.2. The standard InChI is InChI=1S/C12H11BrF3N3O2/c1-17-10(21-11(20)12(14,15)16)6-19-3-2-7-4-9(13)18-5-8(7)19/h2-5,10,17H,6H2,1H3. The lowest BCUT2D eigenvalue weighted by Crippen LogP contribution is -2.39. The zero-order valence-corrected chi connectivity index (χ0v) is 12.4. The quantitative estimate of drug-likeness (QED) is 0.513. The number of fused-ring (bicyclic) bond motifs is 1. The van der Waals surface area contributed by atoms with Gasteiger partial charge in [0, 0.05) is 11.6 Å². The van der Waals surface area contributed by atoms with Crippen molar-refractivity contribution < 1.29 is 22.7 Å². The zero-order valence-electron chi connectivity index (χ0n) is 10.8. The van der Waals surface area contributed by atoms with Crippen molar-refractivity contribution in [2.45, 2.75) is 18.9 Å². The van der Waals surface area contributed by atoms with Gasteiger partial charge in [0.05, 0.1) is 18.3 Å². The Bertz CT molecular complexity index is 657. The van der Waals surface area contributed by atoms with E-state index >= 15 is 0 Å². The molecule has 2 aromatic heterocycles. The number of hydrogen-bond donors (Lipinski definition) is 1. The number of nitrogens with one attached hydrogen (secondary N) is 1. The molecule has 0 aliphatic carbocycles. The van der Waals surface area contributed by atoms with Gasteiger partial charge in [0.2, 0.25) is 0 Å². The van der Waals surface area contributed by atoms with Crippen LogP contribution in [-0.2, 0) is 16.1 Å². The van der Waals surface area contributed by atoms with E-state index < -0.39 is 18.4 Å². The molecule has 2 aromatic rings. The fraction of sp³-hybridized carbons (Fsp3) is 0.333. The number of esters is 1. The summed E-state index contributed by atoms with van der Waals surface area (Å²) in [5, 5.41) is 3.40. The van der Waals surface area contributed by atoms with Gasteiger partial charge < -0.3 is 9.30 Å². The highest BCUT2D eigenvalue weighted by atomic mass is 79.9. The summed E-state index contributed by atoms with van der Waals surface area (Å²) >= 11 is 3.23. The van der Waals surface area contributed by atoms with E-state index in [1.54, 1.807) is 29.1 Å². The van der Waals surface area contributed by atoms with Gasteiger partial charge in [-0.15, -0.1) is 0 Å². The van der Waals surface area contributed by atoms with Crippen molar-refractivity contribution in [1.29, 1.82) is 0 Å². The third-order valence-electron chi connectivity index (χ3n) is 2.79. The van der Waals surface area contributed by atoms with E-state index in [-0.39, 0.29) is 6.54 Å². The molecule has 2 rings (SSSR count). The monoisotopic (exact) mass is 365 g/mol. The van der Waals surface area contributed by atoms with Crippen LogP contribution in [0.1, 0.15) is 0 Å². The average Bonchev–Trinajstić information content (AvgIpc) is 2.78. The summed E-state index contributed by atoms with van der Waals surface area (Å²) < 4.78 is 43.3. The molecule has 0 fully saturated rings. The minimum atomic E-state index is -5.01. The Morgan fingerprint density at radius 3 is 2.90 bits per heavy atom. The van der Waals surface area contributed by atoms with Gasteiger partial charge in [-0.2, -0.15) is 13.2 Å². The number of halogens is 4. The van der Waals surface area contributed by atoms with Crippen LogP contribution in [0, 0.1) is 0 Å². The lowest BCUT2D eigenvalue weighted by molar-refractivity contribution is -0.206. The molecule has 0 aliphatic heterocycles. The van der Waals surface area contributed by atoms with Gasteiger partial charge in [0.25, 0.3) is 0 Å². The number of likely N-dealkylation sites (N-methyl/N-ethyl adjacent to an activating group) is 1. The third kappa shape index (κ3) is 3.73. The summed E-state index contributed by atoms with van der Waals surface area (Å²) in [5.74, 6) is -2.22. The van der Waals surface area contributed by atoms with E-state index in [1.165, 1.54) is 7.05 Å². The summed E-state index contributed by atoms with van der Waals surface area (Å²) in [5.41, 5.74) is 0.724. The molecule has 2 heterocycles. The lowest BCUT2D eigenvalue weighted by Gasteiger charge is -2.19. The largest absolute Gasteiger partial charge is 0.490 e. The van der Waals surface area contributed by atoms with E-state index in [0.29, 0.717) is 4.60 Å². The second-order valence-electron chi connectivity index (χ2n) is 4.21. The van der Waals surface area contributed by atoms with Gasteiger partial charge >= 0.3 is 12.1 Å². The van der Waals surface area contributed by atoms with Crippen LogP contribution in [0.2, 0.25) is 0 Å². The number of hydrogen-bond acceptors (Lipinski definition) is 4. The average molecular weight is 366 g/mol. The summed E-state index contributed by atoms with van der Waals surface area (Å²) in [6.07, 6.45) is -2.85. The van der Waals surface area contributed by atoms with Crippen LogP contribution in [0.5, 0.6) is 0 Å². The summed E-state index contributed by atoms with van der Waals surface area (Å²) in [6, 6.07) is 3.57. The highest BCUT2D eigenvalue weighted by Crippen LogP contribution is 2.20. The molecule has 0 aliphatic rings. The van der Waals surface area contributed by atoms with Crippen LogP contribution in [0.15, 0.2) is 29.1 Å². The number of carbonyl (C=O) groups excluding carboxylic acids is 1. The molecular weight excluding hydrogens is 355 g/mol. The first-order valence-corrected chi connectivity index (χ1v) is 6.66. The first-order chi connectivity index (χ1) is 9.81. The van der Waals surface area contributed by atoms with Crippen molar-refractivity contribution in [2.24, 2.45) is 0 Å². The topological polar surface area (TPSA) is 56.1 Å². The highest BCUT2D eigenvalue weighted by molar-refractivity contribution is 9.10. The maximum atomic E-state index is 12.2. The van der Waals surface area contributed by atoms with Crippen LogP contribution in [-0.4, -0.2) is 35.0 Å². The van der Waals surface area contributed by atoms with Crippen LogP contribution in [0.25, 0.3) is 10.9 Å². The summed E-state index contributed by atoms with van der Waals surface area (Å²) in [6.45, 7) is 0.0329. The Balaban J connectivity index is 2.15. The molecule has 0 saturated heterocycles. The zero-order chi connectivity index (χ0) is 15.6. The molecule has 0 bridgehead atoms. The number of ether oxygens (including phenoxy) is 1. The molecule has 0 amide bonds. The smallest absolute Gasteiger partial charge is 0.438 e. The van der Waals surface area contributed by atoms with Gasteiger partial charge in [0.1, 0.15) is 4.60 Å². The van der Waals surface area contributed by atoms with Gasteiger partial charge in [-0.3, -0.25) is 5.32 Å². The Morgan fingerprint density at radius 2 is 2.29 bits per heavy atom. The molecule has 1 atom stereocenters. The van der Waals surface area contributed by atoms with E-state index in [4.69, 9.17) is 0 Å². The van der Waals surface area contributed by atoms with Crippen molar-refractivity contribution in [3.8, 4) is 0 Å². The normalized spacial score (nSPS) is 13.4. The molecule has 0 spiro atoms. The Hall–Kier alpha value is -1.61. The van der Waals surface area contributed by atoms with Crippen LogP contribution >= 0.6 is 15.9 Å². The number of pyridine rings is 1. The minimum Gasteiger partial charge on any atom is -0.438 e. The van der Waals surface area contributed by atoms with Crippen LogP contribution < -0.4 is 5.32 Å². The number of aromatic nitrogens is 2. The van der Waals surface area contributed by atoms with Gasteiger partial charge in [-0.1, -0.05) is 0 Å². The van der Waals surface area contributed by atoms with Crippen molar-refractivity contribution in [2.75, 3.05) is 7.05 Å². The second kappa shape index (κ2) is 6.02. The SMILES string of the molecule is CNC(Cn1ccc2cc(Br)ncc21)OC(=O)C(F)(F)F. The van der Waals surface area contributed by atoms with Gasteiger partial charge in [-0.25, -0.2) is 9.78 Å². The number of carbonyl (C=O) groups is 1. The molecule has 0 aromatic carbocycles. The van der Waals surface area contributed by atoms with Gasteiger partial charge in [0.15, 0.2) is 6.23 Å². The maximum Gasteiger partial charge on any atom is 0.490 e. The molecule has 0 radical (unpaired) electrons. The first kappa shape index (κ1) is 15.8. The molecule has 1 N–H and O–H groups in total. The summed E-state index contributed by atoms with van der Waals surface area (Å²) in [7, 11) is 1.41. The fourth-order valence-electron chi connectivity index (χ4n) is 1.78. The van der Waals surface area contributed by atoms with Crippen LogP contribution in [0.4, 0.5) is 13.2 Å². The molecule has 21 heavy (non-hydrogen) atoms. The molecule has 1 unspecified atom stereocenters. The molecule has 5 nitrogen and oxygen atoms in total. The third-order valence-corrected chi connectivity index (χ3v) is 3.22. The number of alkyl halides is 3. The Kier molecular flexibility index (Phi) is 4.52. The molecule has 114 valence electrons. The van der Waals surface area contributed by atoms with Crippen molar-refractivity contribution >= 4 is 32.8 Å². The van der Waals surface area contributed by atoms with E-state index in [1.807, 2.05) is 0 Å². The Labute approximate surface area is 126 Å². The van der Waals surface area contributed by atoms with E-state index in [0.717, 1.165) is 10.9 Å². The second-order valence-corrected chi connectivity index (χ2v) is 5.03. The van der Waals surface area contributed by atoms with Crippen molar-refractivity contribution in [3.63, 3.8) is 0 Å². The van der Waals surface area contributed by atoms with Crippen LogP contribution in [0.3, 0.4) is 0 Å². The molecule has 0 saturated carbocycles. The predicted molar refractivity (Wildman–Crippen MR) is 72.4 cm³/mol. The molecule has 9 heteroatoms. The van der Waals surface area contributed by atoms with E-state index in [2.05, 4.69) is 31.0 Å². The molecular formula is C12H11BrF3N3O2. The minimum absolute atomic E-state index is 0.0329. The van der Waals surface area contributed by atoms with Gasteiger partial charge in [-0.05, 0) is 35.1 Å². The van der Waals surface area contributed by atoms with E-state index in [9.17, 15) is 18.0 Å². The van der Waals surface area contributed by atoms with Crippen molar-refractivity contribution in [3.05, 3.63) is 29.1 Å².